The van der Waals surface area contributed by atoms with Crippen molar-refractivity contribution in [3.8, 4) is 6.01 Å². The molecule has 6 nitrogen and oxygen atoms in total. The Labute approximate surface area is 270 Å². The molecule has 4 rings (SSSR count). The minimum atomic E-state index is -0.458. The molecule has 45 heavy (non-hydrogen) atoms. The molecule has 2 heterocycles. The van der Waals surface area contributed by atoms with Crippen LogP contribution in [0.3, 0.4) is 0 Å². The molecule has 0 radical (unpaired) electrons. The number of allylic oxidation sites excluding steroid dienone is 7. The van der Waals surface area contributed by atoms with Gasteiger partial charge in [0.25, 0.3) is 0 Å². The SMILES string of the molecule is C=C(C(=C(C)\C(C)=C/C)/C(C)=C(\C)N)c1c(CC)c(CO)c2c(N3C(CC)CCC3CC)nc(OCC3(CC)CC3)nc2c1F. The highest BCUT2D eigenvalue weighted by Crippen LogP contribution is 2.49. The Hall–Kier alpha value is -3.19. The van der Waals surface area contributed by atoms with E-state index < -0.39 is 5.82 Å². The van der Waals surface area contributed by atoms with Gasteiger partial charge in [-0.1, -0.05) is 45.9 Å². The molecular formula is C38H55FN4O2. The van der Waals surface area contributed by atoms with E-state index in [0.29, 0.717) is 46.6 Å². The van der Waals surface area contributed by atoms with Crippen molar-refractivity contribution in [2.75, 3.05) is 11.5 Å². The standard InChI is InChI=1S/C38H55FN4O2/c1-11-22(6)23(7)31(24(8)26(10)40)25(9)32-29(14-4)30(20-44)33-35(34(32)39)41-37(45-21-38(15-5)18-19-38)42-36(33)43-27(12-2)16-17-28(43)13-3/h11,27-28,44H,9,12-21,40H2,1-8,10H3/b22-11-,26-24+,31-23-. The van der Waals surface area contributed by atoms with Crippen molar-refractivity contribution < 1.29 is 14.2 Å². The minimum Gasteiger partial charge on any atom is -0.463 e. The zero-order valence-electron chi connectivity index (χ0n) is 29.2. The summed E-state index contributed by atoms with van der Waals surface area (Å²) >= 11 is 0. The van der Waals surface area contributed by atoms with E-state index in [-0.39, 0.29) is 35.6 Å². The number of aliphatic hydroxyl groups excluding tert-OH is 1. The number of ether oxygens (including phenoxy) is 1. The van der Waals surface area contributed by atoms with Crippen LogP contribution in [-0.2, 0) is 13.0 Å². The van der Waals surface area contributed by atoms with Crippen LogP contribution >= 0.6 is 0 Å². The summed E-state index contributed by atoms with van der Waals surface area (Å²) in [6.45, 7) is 23.2. The molecule has 7 heteroatoms. The fraction of sp³-hybridized carbons (Fsp3) is 0.579. The number of fused-ring (bicyclic) bond motifs is 1. The Morgan fingerprint density at radius 1 is 1.04 bits per heavy atom. The molecule has 2 aromatic rings. The molecule has 1 saturated carbocycles. The number of anilines is 1. The fourth-order valence-corrected chi connectivity index (χ4v) is 7.12. The summed E-state index contributed by atoms with van der Waals surface area (Å²) < 4.78 is 23.7. The third-order valence-electron chi connectivity index (χ3n) is 10.8. The zero-order valence-corrected chi connectivity index (χ0v) is 29.2. The Kier molecular flexibility index (Phi) is 10.8. The second kappa shape index (κ2) is 14.1. The smallest absolute Gasteiger partial charge is 0.319 e. The van der Waals surface area contributed by atoms with Crippen LogP contribution in [0.5, 0.6) is 6.01 Å². The lowest BCUT2D eigenvalue weighted by Gasteiger charge is -2.33. The molecule has 2 atom stereocenters. The van der Waals surface area contributed by atoms with Gasteiger partial charge in [-0.15, -0.1) is 0 Å². The third-order valence-corrected chi connectivity index (χ3v) is 10.8. The number of aromatic nitrogens is 2. The van der Waals surface area contributed by atoms with Crippen molar-refractivity contribution in [3.05, 3.63) is 63.2 Å². The van der Waals surface area contributed by atoms with Crippen LogP contribution in [0.25, 0.3) is 16.5 Å². The van der Waals surface area contributed by atoms with Crippen molar-refractivity contribution >= 4 is 22.3 Å². The molecule has 1 aliphatic heterocycles. The van der Waals surface area contributed by atoms with Gasteiger partial charge in [0.2, 0.25) is 0 Å². The summed E-state index contributed by atoms with van der Waals surface area (Å²) in [4.78, 5) is 12.2. The molecule has 1 aromatic carbocycles. The summed E-state index contributed by atoms with van der Waals surface area (Å²) in [6.07, 6.45) is 9.79. The highest BCUT2D eigenvalue weighted by Gasteiger charge is 2.42. The topological polar surface area (TPSA) is 84.5 Å². The largest absolute Gasteiger partial charge is 0.463 e. The zero-order chi connectivity index (χ0) is 33.2. The van der Waals surface area contributed by atoms with Crippen LogP contribution in [0.4, 0.5) is 10.2 Å². The lowest BCUT2D eigenvalue weighted by Crippen LogP contribution is -2.36. The van der Waals surface area contributed by atoms with Gasteiger partial charge in [0.1, 0.15) is 11.3 Å². The number of aliphatic hydroxyl groups is 1. The fourth-order valence-electron chi connectivity index (χ4n) is 7.12. The third kappa shape index (κ3) is 6.43. The first-order valence-corrected chi connectivity index (χ1v) is 17.0. The average Bonchev–Trinajstić information content (AvgIpc) is 3.71. The van der Waals surface area contributed by atoms with Gasteiger partial charge < -0.3 is 20.5 Å². The number of hydrogen-bond acceptors (Lipinski definition) is 6. The average molecular weight is 619 g/mol. The van der Waals surface area contributed by atoms with Crippen molar-refractivity contribution in [2.45, 2.75) is 132 Å². The summed E-state index contributed by atoms with van der Waals surface area (Å²) in [6, 6.07) is 0.729. The number of hydrogen-bond donors (Lipinski definition) is 2. The Bertz CT molecular complexity index is 1530. The van der Waals surface area contributed by atoms with E-state index in [4.69, 9.17) is 20.4 Å². The Morgan fingerprint density at radius 3 is 2.13 bits per heavy atom. The molecule has 0 bridgehead atoms. The molecule has 3 N–H and O–H groups in total. The van der Waals surface area contributed by atoms with Gasteiger partial charge in [-0.25, -0.2) is 4.39 Å². The molecule has 0 amide bonds. The predicted octanol–water partition coefficient (Wildman–Crippen LogP) is 9.10. The van der Waals surface area contributed by atoms with Crippen LogP contribution in [-0.4, -0.2) is 33.8 Å². The first-order chi connectivity index (χ1) is 21.4. The van der Waals surface area contributed by atoms with E-state index in [1.807, 2.05) is 47.6 Å². The van der Waals surface area contributed by atoms with Crippen molar-refractivity contribution in [1.82, 2.24) is 9.97 Å². The van der Waals surface area contributed by atoms with E-state index in [0.717, 1.165) is 72.8 Å². The molecule has 246 valence electrons. The summed E-state index contributed by atoms with van der Waals surface area (Å²) in [5.74, 6) is 0.216. The van der Waals surface area contributed by atoms with Gasteiger partial charge in [0.05, 0.1) is 18.6 Å². The molecule has 2 unspecified atom stereocenters. The van der Waals surface area contributed by atoms with E-state index in [9.17, 15) is 5.11 Å². The highest BCUT2D eigenvalue weighted by atomic mass is 19.1. The van der Waals surface area contributed by atoms with Crippen LogP contribution in [0.1, 0.15) is 124 Å². The number of benzene rings is 1. The Morgan fingerprint density at radius 2 is 1.67 bits per heavy atom. The second-order valence-electron chi connectivity index (χ2n) is 13.2. The van der Waals surface area contributed by atoms with Gasteiger partial charge in [0, 0.05) is 28.8 Å². The molecule has 1 aromatic heterocycles. The normalized spacial score (nSPS) is 20.8. The molecule has 2 aliphatic rings. The van der Waals surface area contributed by atoms with Crippen LogP contribution in [0.2, 0.25) is 0 Å². The Balaban J connectivity index is 2.10. The summed E-state index contributed by atoms with van der Waals surface area (Å²) in [7, 11) is 0. The van der Waals surface area contributed by atoms with Gasteiger partial charge in [-0.3, -0.25) is 0 Å². The van der Waals surface area contributed by atoms with Gasteiger partial charge >= 0.3 is 6.01 Å². The van der Waals surface area contributed by atoms with E-state index in [1.54, 1.807) is 0 Å². The lowest BCUT2D eigenvalue weighted by atomic mass is 9.82. The number of nitrogens with zero attached hydrogens (tertiary/aromatic N) is 3. The van der Waals surface area contributed by atoms with Crippen molar-refractivity contribution in [2.24, 2.45) is 11.1 Å². The van der Waals surface area contributed by atoms with Crippen molar-refractivity contribution in [3.63, 3.8) is 0 Å². The molecule has 2 fully saturated rings. The van der Waals surface area contributed by atoms with Gasteiger partial charge in [-0.2, -0.15) is 9.97 Å². The minimum absolute atomic E-state index is 0.149. The van der Waals surface area contributed by atoms with Crippen LogP contribution in [0, 0.1) is 11.2 Å². The number of nitrogens with two attached hydrogens (primary N) is 1. The van der Waals surface area contributed by atoms with Crippen molar-refractivity contribution in [1.29, 1.82) is 0 Å². The molecular weight excluding hydrogens is 563 g/mol. The van der Waals surface area contributed by atoms with E-state index in [1.165, 1.54) is 0 Å². The number of halogens is 1. The van der Waals surface area contributed by atoms with Gasteiger partial charge in [-0.05, 0) is 119 Å². The first kappa shape index (κ1) is 34.7. The maximum absolute atomic E-state index is 17.4. The monoisotopic (exact) mass is 618 g/mol. The predicted molar refractivity (Wildman–Crippen MR) is 186 cm³/mol. The van der Waals surface area contributed by atoms with E-state index >= 15 is 4.39 Å². The number of rotatable bonds is 13. The van der Waals surface area contributed by atoms with Gasteiger partial charge in [0.15, 0.2) is 5.82 Å². The van der Waals surface area contributed by atoms with Crippen LogP contribution < -0.4 is 15.4 Å². The molecule has 1 aliphatic carbocycles. The highest BCUT2D eigenvalue weighted by molar-refractivity contribution is 5.99. The lowest BCUT2D eigenvalue weighted by molar-refractivity contribution is 0.214. The van der Waals surface area contributed by atoms with Crippen LogP contribution in [0.15, 0.2) is 40.6 Å². The maximum atomic E-state index is 17.4. The summed E-state index contributed by atoms with van der Waals surface area (Å²) in [5.41, 5.74) is 13.3. The maximum Gasteiger partial charge on any atom is 0.319 e. The second-order valence-corrected chi connectivity index (χ2v) is 13.2. The molecule has 0 spiro atoms. The van der Waals surface area contributed by atoms with E-state index in [2.05, 4.69) is 32.3 Å². The summed E-state index contributed by atoms with van der Waals surface area (Å²) in [5, 5.41) is 11.6. The first-order valence-electron chi connectivity index (χ1n) is 17.0. The quantitative estimate of drug-likeness (QED) is 0.218. The molecule has 1 saturated heterocycles.